The number of hydrogen-bond acceptors (Lipinski definition) is 8. The monoisotopic (exact) mass is 513 g/mol. The highest BCUT2D eigenvalue weighted by Crippen LogP contribution is 2.42. The summed E-state index contributed by atoms with van der Waals surface area (Å²) in [4.78, 5) is 26.1. The lowest BCUT2D eigenvalue weighted by molar-refractivity contribution is -0.0285. The summed E-state index contributed by atoms with van der Waals surface area (Å²) in [5.41, 5.74) is 7.60. The van der Waals surface area contributed by atoms with Crippen molar-refractivity contribution in [1.29, 1.82) is 0 Å². The van der Waals surface area contributed by atoms with Gasteiger partial charge in [0, 0.05) is 13.5 Å². The third-order valence-corrected chi connectivity index (χ3v) is 11.6. The Morgan fingerprint density at radius 2 is 2.00 bits per heavy atom. The Morgan fingerprint density at radius 3 is 2.67 bits per heavy atom. The minimum atomic E-state index is -2.22. The number of carbonyl (C=O) groups is 1. The van der Waals surface area contributed by atoms with Crippen LogP contribution < -0.4 is 16.4 Å². The number of nitrogens with one attached hydrogen (secondary N) is 2. The van der Waals surface area contributed by atoms with Crippen LogP contribution in [0.4, 0.5) is 5.82 Å². The van der Waals surface area contributed by atoms with Gasteiger partial charge in [0.1, 0.15) is 12.4 Å². The summed E-state index contributed by atoms with van der Waals surface area (Å²) in [6.07, 6.45) is 1.79. The molecule has 10 nitrogen and oxygen atoms in total. The molecule has 3 aromatic rings. The van der Waals surface area contributed by atoms with E-state index in [-0.39, 0.29) is 36.1 Å². The van der Waals surface area contributed by atoms with Crippen LogP contribution in [0.3, 0.4) is 0 Å². The Hall–Kier alpha value is -2.70. The first-order chi connectivity index (χ1) is 17.6. The molecule has 1 aliphatic rings. The number of amides is 1. The number of ether oxygens (including phenoxy) is 1. The van der Waals surface area contributed by atoms with E-state index in [1.54, 1.807) is 30.6 Å². The first kappa shape index (κ1) is 25.0. The molecule has 36 heavy (non-hydrogen) atoms. The van der Waals surface area contributed by atoms with Crippen molar-refractivity contribution in [2.24, 2.45) is 5.73 Å². The average Bonchev–Trinajstić information content (AvgIpc) is 3.44. The third-order valence-electron chi connectivity index (χ3n) is 7.10. The Labute approximate surface area is 214 Å². The van der Waals surface area contributed by atoms with Gasteiger partial charge in [-0.2, -0.15) is 0 Å². The minimum absolute atomic E-state index is 0.0214. The van der Waals surface area contributed by atoms with Crippen LogP contribution in [0, 0.1) is 0 Å². The van der Waals surface area contributed by atoms with Gasteiger partial charge >= 0.3 is 0 Å². The molecule has 0 saturated carbocycles. The maximum atomic E-state index is 12.8. The third kappa shape index (κ3) is 5.07. The summed E-state index contributed by atoms with van der Waals surface area (Å²) < 4.78 is 22.8. The molecule has 2 aromatic heterocycles. The van der Waals surface area contributed by atoms with E-state index in [1.165, 1.54) is 6.33 Å². The number of carbonyl (C=O) groups excluding carboxylic acids is 1. The zero-order chi connectivity index (χ0) is 26.8. The molecular formula is C25H37N7O3Si. The highest BCUT2D eigenvalue weighted by Gasteiger charge is 2.50. The maximum absolute atomic E-state index is 12.8. The fraction of sp³-hybridized carbons (Fsp3) is 0.520. The SMILES string of the molecule is [3H]CCN[C@H]1[C@@H](O[Si](C)(C)C(C)(C)C)[C@H](n2cnc3c(NC(=O)c4ccccc4)ncnc32)O[C@@H]1CN. The summed E-state index contributed by atoms with van der Waals surface area (Å²) in [6, 6.07) is 8.73. The highest BCUT2D eigenvalue weighted by atomic mass is 28.4. The number of aromatic nitrogens is 4. The van der Waals surface area contributed by atoms with Crippen LogP contribution in [-0.2, 0) is 9.16 Å². The van der Waals surface area contributed by atoms with E-state index < -0.39 is 14.5 Å². The van der Waals surface area contributed by atoms with Crippen LogP contribution in [-0.4, -0.2) is 65.1 Å². The second-order valence-electron chi connectivity index (χ2n) is 10.5. The van der Waals surface area contributed by atoms with E-state index in [4.69, 9.17) is 16.3 Å². The van der Waals surface area contributed by atoms with Crippen molar-refractivity contribution in [3.05, 3.63) is 48.5 Å². The molecule has 1 amide bonds. The number of hydrogen-bond donors (Lipinski definition) is 3. The molecule has 4 atom stereocenters. The predicted molar refractivity (Wildman–Crippen MR) is 142 cm³/mol. The molecule has 0 spiro atoms. The van der Waals surface area contributed by atoms with Crippen LogP contribution in [0.1, 0.15) is 45.6 Å². The Kier molecular flexibility index (Phi) is 7.18. The van der Waals surface area contributed by atoms with Gasteiger partial charge in [0.2, 0.25) is 0 Å². The van der Waals surface area contributed by atoms with E-state index >= 15 is 0 Å². The second kappa shape index (κ2) is 10.3. The quantitative estimate of drug-likeness (QED) is 0.391. The zero-order valence-corrected chi connectivity index (χ0v) is 22.6. The molecule has 1 fully saturated rings. The van der Waals surface area contributed by atoms with Gasteiger partial charge in [0.25, 0.3) is 5.91 Å². The molecule has 0 aliphatic carbocycles. The van der Waals surface area contributed by atoms with Gasteiger partial charge in [-0.3, -0.25) is 9.36 Å². The molecule has 4 rings (SSSR count). The summed E-state index contributed by atoms with van der Waals surface area (Å²) in [5.74, 6) is 0.0333. The predicted octanol–water partition coefficient (Wildman–Crippen LogP) is 3.30. The van der Waals surface area contributed by atoms with Crippen molar-refractivity contribution in [2.45, 2.75) is 70.3 Å². The van der Waals surface area contributed by atoms with E-state index in [9.17, 15) is 4.79 Å². The Bertz CT molecular complexity index is 1220. The van der Waals surface area contributed by atoms with Crippen molar-refractivity contribution in [3.8, 4) is 0 Å². The maximum Gasteiger partial charge on any atom is 0.256 e. The van der Waals surface area contributed by atoms with Crippen molar-refractivity contribution in [3.63, 3.8) is 0 Å². The molecule has 1 aromatic carbocycles. The van der Waals surface area contributed by atoms with Gasteiger partial charge in [-0.25, -0.2) is 15.0 Å². The largest absolute Gasteiger partial charge is 0.408 e. The number of imidazole rings is 1. The van der Waals surface area contributed by atoms with E-state index in [1.807, 2.05) is 10.6 Å². The highest BCUT2D eigenvalue weighted by molar-refractivity contribution is 6.74. The molecule has 1 saturated heterocycles. The van der Waals surface area contributed by atoms with Crippen LogP contribution >= 0.6 is 0 Å². The van der Waals surface area contributed by atoms with Gasteiger partial charge in [-0.1, -0.05) is 45.9 Å². The van der Waals surface area contributed by atoms with Crippen molar-refractivity contribution in [1.82, 2.24) is 24.8 Å². The lowest BCUT2D eigenvalue weighted by atomic mass is 10.1. The van der Waals surface area contributed by atoms with Gasteiger partial charge in [-0.15, -0.1) is 0 Å². The molecule has 4 N–H and O–H groups in total. The number of nitrogens with two attached hydrogens (primary N) is 1. The van der Waals surface area contributed by atoms with Gasteiger partial charge in [-0.05, 0) is 36.8 Å². The summed E-state index contributed by atoms with van der Waals surface area (Å²) in [7, 11) is -2.22. The molecule has 1 aliphatic heterocycles. The van der Waals surface area contributed by atoms with E-state index in [0.29, 0.717) is 35.6 Å². The lowest BCUT2D eigenvalue weighted by Crippen LogP contribution is -2.53. The summed E-state index contributed by atoms with van der Waals surface area (Å²) >= 11 is 0. The average molecular weight is 514 g/mol. The van der Waals surface area contributed by atoms with Crippen LogP contribution in [0.25, 0.3) is 11.2 Å². The van der Waals surface area contributed by atoms with Crippen LogP contribution in [0.5, 0.6) is 0 Å². The lowest BCUT2D eigenvalue weighted by Gasteiger charge is -2.41. The van der Waals surface area contributed by atoms with Gasteiger partial charge < -0.3 is 25.5 Å². The van der Waals surface area contributed by atoms with Gasteiger partial charge in [0.15, 0.2) is 31.5 Å². The van der Waals surface area contributed by atoms with Crippen molar-refractivity contribution in [2.75, 3.05) is 18.4 Å². The van der Waals surface area contributed by atoms with E-state index in [0.717, 1.165) is 0 Å². The minimum Gasteiger partial charge on any atom is -0.408 e. The van der Waals surface area contributed by atoms with Crippen LogP contribution in [0.2, 0.25) is 18.1 Å². The molecule has 3 heterocycles. The summed E-state index contributed by atoms with van der Waals surface area (Å²) in [6.45, 7) is 12.0. The number of anilines is 1. The number of fused-ring (bicyclic) bond motifs is 1. The summed E-state index contributed by atoms with van der Waals surface area (Å²) in [5, 5.41) is 6.26. The molecule has 11 heteroatoms. The zero-order valence-electron chi connectivity index (χ0n) is 22.6. The number of likely N-dealkylation sites (N-methyl/N-ethyl adjacent to an activating group) is 1. The normalized spacial score (nSPS) is 23.1. The molecule has 0 unspecified atom stereocenters. The smallest absolute Gasteiger partial charge is 0.256 e. The van der Waals surface area contributed by atoms with Gasteiger partial charge in [0.05, 0.1) is 18.5 Å². The Balaban J connectivity index is 1.70. The molecule has 194 valence electrons. The first-order valence-corrected chi connectivity index (χ1v) is 15.1. The Morgan fingerprint density at radius 1 is 1.25 bits per heavy atom. The van der Waals surface area contributed by atoms with E-state index in [2.05, 4.69) is 59.5 Å². The number of nitrogens with zero attached hydrogens (tertiary/aromatic N) is 4. The topological polar surface area (TPSA) is 129 Å². The molecular weight excluding hydrogens is 474 g/mol. The van der Waals surface area contributed by atoms with Crippen LogP contribution in [0.15, 0.2) is 43.0 Å². The fourth-order valence-corrected chi connectivity index (χ4v) is 5.41. The standard InChI is InChI=1S/C25H37N7O3Si/c1-7-27-18-17(13-26)34-24(20(18)35-36(5,6)25(2,3)4)32-15-30-19-21(28-14-29-22(19)32)31-23(33)16-11-9-8-10-12-16/h8-12,14-15,17-18,20,24,27H,7,13,26H2,1-6H3,(H,28,29,31,33)/t17-,18-,20-,24-/m1/s1/i1T. The molecule has 0 radical (unpaired) electrons. The second-order valence-corrected chi connectivity index (χ2v) is 15.2. The number of benzene rings is 1. The fourth-order valence-electron chi connectivity index (χ4n) is 4.12. The van der Waals surface area contributed by atoms with Crippen molar-refractivity contribution >= 4 is 31.2 Å². The number of rotatable bonds is 8. The molecule has 0 bridgehead atoms. The first-order valence-electron chi connectivity index (χ1n) is 12.9. The van der Waals surface area contributed by atoms with Crippen molar-refractivity contribution < 1.29 is 15.3 Å².